The summed E-state index contributed by atoms with van der Waals surface area (Å²) in [6.07, 6.45) is 3.10. The summed E-state index contributed by atoms with van der Waals surface area (Å²) in [4.78, 5) is 0. The van der Waals surface area contributed by atoms with Crippen molar-refractivity contribution in [2.24, 2.45) is 15.9 Å². The number of hydrogen-bond donors (Lipinski definition) is 3. The van der Waals surface area contributed by atoms with Crippen molar-refractivity contribution in [2.75, 3.05) is 6.26 Å². The second kappa shape index (κ2) is 5.26. The van der Waals surface area contributed by atoms with Crippen molar-refractivity contribution in [3.8, 4) is 11.5 Å². The summed E-state index contributed by atoms with van der Waals surface area (Å²) >= 11 is 1.27. The fourth-order valence-electron chi connectivity index (χ4n) is 0.842. The molecule has 0 unspecified atom stereocenters. The number of thioether (sulfide) groups is 1. The molecule has 1 aromatic rings. The van der Waals surface area contributed by atoms with Crippen LogP contribution in [0.4, 0.5) is 0 Å². The minimum atomic E-state index is -0.223. The molecule has 4 N–H and O–H groups in total. The molecule has 0 aliphatic carbocycles. The van der Waals surface area contributed by atoms with Crippen LogP contribution in [-0.2, 0) is 0 Å². The van der Waals surface area contributed by atoms with Crippen molar-refractivity contribution in [3.05, 3.63) is 23.8 Å². The molecule has 0 radical (unpaired) electrons. The number of phenols is 2. The van der Waals surface area contributed by atoms with E-state index >= 15 is 0 Å². The van der Waals surface area contributed by atoms with Gasteiger partial charge in [0.1, 0.15) is 0 Å². The molecule has 15 heavy (non-hydrogen) atoms. The molecule has 0 atom stereocenters. The Morgan fingerprint density at radius 2 is 2.20 bits per heavy atom. The number of rotatable bonds is 2. The third kappa shape index (κ3) is 3.17. The maximum absolute atomic E-state index is 9.39. The first-order chi connectivity index (χ1) is 7.15. The Balaban J connectivity index is 2.86. The van der Waals surface area contributed by atoms with Crippen molar-refractivity contribution in [1.29, 1.82) is 0 Å². The molecule has 0 spiro atoms. The molecule has 0 heterocycles. The molecule has 0 aromatic heterocycles. The van der Waals surface area contributed by atoms with E-state index in [0.717, 1.165) is 0 Å². The quantitative estimate of drug-likeness (QED) is 0.304. The predicted molar refractivity (Wildman–Crippen MR) is 62.5 cm³/mol. The number of amidine groups is 1. The average molecular weight is 225 g/mol. The number of aromatic hydroxyl groups is 2. The third-order valence-corrected chi connectivity index (χ3v) is 2.11. The SMILES string of the molecule is CSC(N)=NN=Cc1cccc(O)c1O. The predicted octanol–water partition coefficient (Wildman–Crippen LogP) is 1.11. The molecule has 0 fully saturated rings. The van der Waals surface area contributed by atoms with E-state index in [1.165, 1.54) is 24.0 Å². The van der Waals surface area contributed by atoms with Crippen LogP contribution in [-0.4, -0.2) is 27.9 Å². The number of phenolic OH excluding ortho intramolecular Hbond substituents is 2. The highest BCUT2D eigenvalue weighted by Gasteiger charge is 2.02. The van der Waals surface area contributed by atoms with Crippen LogP contribution in [0.3, 0.4) is 0 Å². The first-order valence-electron chi connectivity index (χ1n) is 4.06. The average Bonchev–Trinajstić information content (AvgIpc) is 2.24. The van der Waals surface area contributed by atoms with Gasteiger partial charge in [-0.05, 0) is 18.4 Å². The van der Waals surface area contributed by atoms with E-state index in [9.17, 15) is 10.2 Å². The molecule has 0 saturated heterocycles. The van der Waals surface area contributed by atoms with Crippen LogP contribution in [0.5, 0.6) is 11.5 Å². The molecule has 1 rings (SSSR count). The Bertz CT molecular complexity index is 404. The molecule has 80 valence electrons. The molecular formula is C9H11N3O2S. The summed E-state index contributed by atoms with van der Waals surface area (Å²) in [5, 5.41) is 26.2. The summed E-state index contributed by atoms with van der Waals surface area (Å²) in [6.45, 7) is 0. The molecule has 0 aliphatic rings. The van der Waals surface area contributed by atoms with E-state index in [-0.39, 0.29) is 11.5 Å². The van der Waals surface area contributed by atoms with Crippen LogP contribution in [0.25, 0.3) is 0 Å². The monoisotopic (exact) mass is 225 g/mol. The molecular weight excluding hydrogens is 214 g/mol. The van der Waals surface area contributed by atoms with Gasteiger partial charge in [0, 0.05) is 5.56 Å². The zero-order valence-electron chi connectivity index (χ0n) is 8.08. The Labute approximate surface area is 91.3 Å². The van der Waals surface area contributed by atoms with Crippen molar-refractivity contribution < 1.29 is 10.2 Å². The summed E-state index contributed by atoms with van der Waals surface area (Å²) in [7, 11) is 0. The highest BCUT2D eigenvalue weighted by Crippen LogP contribution is 2.26. The highest BCUT2D eigenvalue weighted by atomic mass is 32.2. The van der Waals surface area contributed by atoms with Crippen LogP contribution < -0.4 is 5.73 Å². The minimum Gasteiger partial charge on any atom is -0.504 e. The minimum absolute atomic E-state index is 0.194. The Morgan fingerprint density at radius 3 is 2.87 bits per heavy atom. The van der Waals surface area contributed by atoms with Gasteiger partial charge in [-0.1, -0.05) is 17.8 Å². The van der Waals surface area contributed by atoms with Crippen LogP contribution in [0.1, 0.15) is 5.56 Å². The second-order valence-electron chi connectivity index (χ2n) is 2.60. The van der Waals surface area contributed by atoms with E-state index in [2.05, 4.69) is 10.2 Å². The molecule has 0 amide bonds. The van der Waals surface area contributed by atoms with Gasteiger partial charge in [0.2, 0.25) is 0 Å². The van der Waals surface area contributed by atoms with Gasteiger partial charge >= 0.3 is 0 Å². The van der Waals surface area contributed by atoms with E-state index in [1.807, 2.05) is 0 Å². The molecule has 0 bridgehead atoms. The Morgan fingerprint density at radius 1 is 1.47 bits per heavy atom. The number of nitrogens with two attached hydrogens (primary N) is 1. The first kappa shape index (κ1) is 11.4. The zero-order chi connectivity index (χ0) is 11.3. The lowest BCUT2D eigenvalue weighted by atomic mass is 10.2. The van der Waals surface area contributed by atoms with E-state index in [4.69, 9.17) is 5.73 Å². The van der Waals surface area contributed by atoms with Crippen LogP contribution in [0, 0.1) is 0 Å². The second-order valence-corrected chi connectivity index (χ2v) is 3.43. The number of para-hydroxylation sites is 1. The number of benzene rings is 1. The van der Waals surface area contributed by atoms with Crippen LogP contribution >= 0.6 is 11.8 Å². The van der Waals surface area contributed by atoms with Gasteiger partial charge in [0.25, 0.3) is 0 Å². The van der Waals surface area contributed by atoms with Crippen molar-refractivity contribution in [3.63, 3.8) is 0 Å². The maximum atomic E-state index is 9.39. The Kier molecular flexibility index (Phi) is 3.99. The molecule has 6 heteroatoms. The van der Waals surface area contributed by atoms with Gasteiger partial charge in [-0.3, -0.25) is 0 Å². The van der Waals surface area contributed by atoms with Crippen molar-refractivity contribution >= 4 is 23.1 Å². The van der Waals surface area contributed by atoms with Gasteiger partial charge in [-0.15, -0.1) is 5.10 Å². The van der Waals surface area contributed by atoms with Gasteiger partial charge in [-0.25, -0.2) is 0 Å². The first-order valence-corrected chi connectivity index (χ1v) is 5.29. The maximum Gasteiger partial charge on any atom is 0.180 e. The topological polar surface area (TPSA) is 91.2 Å². The molecule has 0 saturated carbocycles. The van der Waals surface area contributed by atoms with E-state index in [0.29, 0.717) is 10.7 Å². The molecule has 5 nitrogen and oxygen atoms in total. The van der Waals surface area contributed by atoms with E-state index < -0.39 is 0 Å². The standard InChI is InChI=1S/C9H11N3O2S/c1-15-9(10)12-11-5-6-3-2-4-7(13)8(6)14/h2-5,13-14H,1H3,(H2,10,12). The summed E-state index contributed by atoms with van der Waals surface area (Å²) in [6, 6.07) is 4.58. The normalized spacial score (nSPS) is 12.2. The smallest absolute Gasteiger partial charge is 0.180 e. The molecule has 0 aliphatic heterocycles. The highest BCUT2D eigenvalue weighted by molar-refractivity contribution is 8.13. The summed E-state index contributed by atoms with van der Waals surface area (Å²) in [5.41, 5.74) is 5.77. The third-order valence-electron chi connectivity index (χ3n) is 1.61. The summed E-state index contributed by atoms with van der Waals surface area (Å²) < 4.78 is 0. The summed E-state index contributed by atoms with van der Waals surface area (Å²) in [5.74, 6) is -0.417. The zero-order valence-corrected chi connectivity index (χ0v) is 8.90. The van der Waals surface area contributed by atoms with E-state index in [1.54, 1.807) is 18.4 Å². The van der Waals surface area contributed by atoms with Crippen molar-refractivity contribution in [1.82, 2.24) is 0 Å². The fourth-order valence-corrected chi connectivity index (χ4v) is 0.970. The van der Waals surface area contributed by atoms with Crippen LogP contribution in [0.15, 0.2) is 28.4 Å². The fraction of sp³-hybridized carbons (Fsp3) is 0.111. The van der Waals surface area contributed by atoms with Crippen LogP contribution in [0.2, 0.25) is 0 Å². The Hall–Kier alpha value is -1.69. The number of nitrogens with zero attached hydrogens (tertiary/aromatic N) is 2. The van der Waals surface area contributed by atoms with Gasteiger partial charge in [0.15, 0.2) is 16.7 Å². The lowest BCUT2D eigenvalue weighted by Crippen LogP contribution is -2.03. The van der Waals surface area contributed by atoms with Gasteiger partial charge in [-0.2, -0.15) is 5.10 Å². The van der Waals surface area contributed by atoms with Gasteiger partial charge in [0.05, 0.1) is 6.21 Å². The molecule has 1 aromatic carbocycles. The lowest BCUT2D eigenvalue weighted by Gasteiger charge is -1.99. The largest absolute Gasteiger partial charge is 0.504 e. The number of hydrogen-bond acceptors (Lipinski definition) is 5. The van der Waals surface area contributed by atoms with Gasteiger partial charge < -0.3 is 15.9 Å². The van der Waals surface area contributed by atoms with Crippen molar-refractivity contribution in [2.45, 2.75) is 0 Å². The lowest BCUT2D eigenvalue weighted by molar-refractivity contribution is 0.403.